The first-order valence-corrected chi connectivity index (χ1v) is 31.0. The standard InChI is InChI=1S/2C46H28O/c1-2-10-35-30(9-1)19-22-33-27-34(23-25-36(33)35)46-40-14-5-3-12-38(40)45(39-13-4-6-15-41(39)46)31-20-17-29(18-21-31)32-24-26-44-42(28-32)37-11-7-8-16-43(37)47-44;1-2-12-33-32(11-1)28-42(35-14-4-3-13-34(33)35)46-39-18-7-5-16-37(39)45(38-17-6-8-19-40(38)46)30-23-21-29(22-24-30)31-25-26-44-41(27-31)36-15-9-10-20-43(36)47-44/h2*1-28H/i3D,4D,5D,6D,12D,13D,14D,15D;5D,6D,7D,8D,16D,17D,18D,19D. The number of rotatable bonds is 6. The molecule has 0 aliphatic carbocycles. The van der Waals surface area contributed by atoms with Crippen molar-refractivity contribution in [3.63, 3.8) is 0 Å². The van der Waals surface area contributed by atoms with Gasteiger partial charge in [-0.2, -0.15) is 0 Å². The fraction of sp³-hybridized carbons (Fsp3) is 0. The van der Waals surface area contributed by atoms with Gasteiger partial charge in [0.15, 0.2) is 0 Å². The van der Waals surface area contributed by atoms with E-state index in [4.69, 9.17) is 19.8 Å². The number of para-hydroxylation sites is 2. The Bertz CT molecular complexity index is 7310. The third-order valence-electron chi connectivity index (χ3n) is 18.6. The van der Waals surface area contributed by atoms with Gasteiger partial charge in [-0.3, -0.25) is 0 Å². The maximum absolute atomic E-state index is 9.41. The van der Waals surface area contributed by atoms with E-state index in [2.05, 4.69) is 12.1 Å². The van der Waals surface area contributed by atoms with Crippen LogP contribution in [0.5, 0.6) is 0 Å². The van der Waals surface area contributed by atoms with Gasteiger partial charge in [-0.15, -0.1) is 0 Å². The molecule has 0 amide bonds. The van der Waals surface area contributed by atoms with Crippen LogP contribution >= 0.6 is 0 Å². The molecule has 0 spiro atoms. The van der Waals surface area contributed by atoms with Crippen LogP contribution in [0.25, 0.3) is 197 Å². The van der Waals surface area contributed by atoms with Gasteiger partial charge in [-0.05, 0) is 201 Å². The van der Waals surface area contributed by atoms with Gasteiger partial charge in [0.05, 0.1) is 21.9 Å². The summed E-state index contributed by atoms with van der Waals surface area (Å²) in [5, 5.41) is 13.1. The van der Waals surface area contributed by atoms with Gasteiger partial charge < -0.3 is 8.83 Å². The zero-order chi connectivity index (χ0) is 75.7. The molecule has 0 unspecified atom stereocenters. The van der Waals surface area contributed by atoms with Crippen molar-refractivity contribution in [3.05, 3.63) is 339 Å². The Morgan fingerprint density at radius 2 is 0.500 bits per heavy atom. The molecule has 0 atom stereocenters. The zero-order valence-electron chi connectivity index (χ0n) is 65.9. The second-order valence-corrected chi connectivity index (χ2v) is 23.7. The Hall–Kier alpha value is -12.4. The monoisotopic (exact) mass is 1210 g/mol. The smallest absolute Gasteiger partial charge is 0.135 e. The highest BCUT2D eigenvalue weighted by Crippen LogP contribution is 2.49. The minimum absolute atomic E-state index is 0.190. The van der Waals surface area contributed by atoms with E-state index in [1.165, 1.54) is 0 Å². The van der Waals surface area contributed by atoms with E-state index in [0.717, 1.165) is 109 Å². The Kier molecular flexibility index (Phi) is 9.15. The van der Waals surface area contributed by atoms with E-state index in [-0.39, 0.29) is 91.4 Å². The first kappa shape index (κ1) is 39.7. The van der Waals surface area contributed by atoms with Gasteiger partial charge in [0.1, 0.15) is 22.3 Å². The maximum Gasteiger partial charge on any atom is 0.135 e. The molecule has 0 aliphatic heterocycles. The first-order valence-electron chi connectivity index (χ1n) is 39.0. The molecule has 0 radical (unpaired) electrons. The van der Waals surface area contributed by atoms with Crippen molar-refractivity contribution in [1.82, 2.24) is 0 Å². The summed E-state index contributed by atoms with van der Waals surface area (Å²) in [6, 6.07) is 72.8. The molecule has 2 heterocycles. The second-order valence-electron chi connectivity index (χ2n) is 23.7. The SMILES string of the molecule is [2H]c1c([2H])c([2H])c2c(-c3cc4ccccc4c4ccccc34)c3c([2H])c([2H])c([2H])c([2H])c3c(-c3ccc(-c4ccc5oc6ccccc6c5c4)cc3)c2c1[2H].[2H]c1c([2H])c([2H])c2c(-c3ccc4c(ccc5ccccc54)c3)c3c([2H])c([2H])c([2H])c([2H])c3c(-c3ccc(-c4ccc5oc6ccccc6c5c4)cc3)c2c1[2H]. The van der Waals surface area contributed by atoms with Crippen LogP contribution in [0, 0.1) is 0 Å². The molecule has 0 fully saturated rings. The van der Waals surface area contributed by atoms with Crippen LogP contribution < -0.4 is 0 Å². The molecule has 0 aliphatic rings. The third-order valence-corrected chi connectivity index (χ3v) is 18.6. The average Bonchev–Trinajstić information content (AvgIpc) is 0.949. The fourth-order valence-corrected chi connectivity index (χ4v) is 14.3. The lowest BCUT2D eigenvalue weighted by atomic mass is 9.83. The molecule has 20 aromatic rings. The average molecular weight is 1210 g/mol. The molecule has 0 N–H and O–H groups in total. The van der Waals surface area contributed by atoms with Crippen molar-refractivity contribution in [1.29, 1.82) is 0 Å². The van der Waals surface area contributed by atoms with Gasteiger partial charge in [0, 0.05) is 21.5 Å². The van der Waals surface area contributed by atoms with E-state index < -0.39 is 48.3 Å². The molecule has 2 heteroatoms. The number of fused-ring (bicyclic) bond motifs is 16. The van der Waals surface area contributed by atoms with E-state index in [1.54, 1.807) is 0 Å². The lowest BCUT2D eigenvalue weighted by Crippen LogP contribution is -1.92. The highest BCUT2D eigenvalue weighted by molar-refractivity contribution is 6.27. The summed E-state index contributed by atoms with van der Waals surface area (Å²) in [6.45, 7) is 0. The molecule has 94 heavy (non-hydrogen) atoms. The summed E-state index contributed by atoms with van der Waals surface area (Å²) in [6.07, 6.45) is 0. The molecule has 0 saturated heterocycles. The summed E-state index contributed by atoms with van der Waals surface area (Å²) in [4.78, 5) is 0. The summed E-state index contributed by atoms with van der Waals surface area (Å²) >= 11 is 0. The van der Waals surface area contributed by atoms with Crippen LogP contribution in [0.4, 0.5) is 0 Å². The van der Waals surface area contributed by atoms with Crippen LogP contribution in [0.1, 0.15) is 21.9 Å². The molecular formula is C92H56O2. The maximum atomic E-state index is 9.41. The van der Waals surface area contributed by atoms with Crippen LogP contribution in [-0.4, -0.2) is 0 Å². The fourth-order valence-electron chi connectivity index (χ4n) is 14.3. The lowest BCUT2D eigenvalue weighted by Gasteiger charge is -2.19. The van der Waals surface area contributed by atoms with Crippen molar-refractivity contribution in [2.75, 3.05) is 0 Å². The molecule has 18 aromatic carbocycles. The summed E-state index contributed by atoms with van der Waals surface area (Å²) < 4.78 is 157. The predicted molar refractivity (Wildman–Crippen MR) is 400 cm³/mol. The molecule has 2 nitrogen and oxygen atoms in total. The van der Waals surface area contributed by atoms with E-state index >= 15 is 0 Å². The van der Waals surface area contributed by atoms with Crippen LogP contribution in [0.15, 0.2) is 348 Å². The number of furan rings is 2. The van der Waals surface area contributed by atoms with Gasteiger partial charge in [0.2, 0.25) is 0 Å². The summed E-state index contributed by atoms with van der Waals surface area (Å²) in [7, 11) is 0. The van der Waals surface area contributed by atoms with Crippen molar-refractivity contribution < 1.29 is 30.8 Å². The number of benzene rings is 18. The van der Waals surface area contributed by atoms with Crippen molar-refractivity contribution in [2.24, 2.45) is 0 Å². The minimum atomic E-state index is -0.425. The molecule has 0 saturated carbocycles. The second kappa shape index (κ2) is 21.7. The van der Waals surface area contributed by atoms with Gasteiger partial charge in [0.25, 0.3) is 0 Å². The largest absolute Gasteiger partial charge is 0.456 e. The topological polar surface area (TPSA) is 26.3 Å². The highest BCUT2D eigenvalue weighted by atomic mass is 16.3. The summed E-state index contributed by atoms with van der Waals surface area (Å²) in [5.41, 5.74) is 10.5. The van der Waals surface area contributed by atoms with Crippen molar-refractivity contribution in [2.45, 2.75) is 0 Å². The van der Waals surface area contributed by atoms with E-state index in [0.29, 0.717) is 44.5 Å². The van der Waals surface area contributed by atoms with Crippen molar-refractivity contribution >= 4 is 130 Å². The quantitative estimate of drug-likeness (QED) is 0.123. The number of hydrogen-bond acceptors (Lipinski definition) is 2. The highest BCUT2D eigenvalue weighted by Gasteiger charge is 2.21. The lowest BCUT2D eigenvalue weighted by molar-refractivity contribution is 0.668. The van der Waals surface area contributed by atoms with Gasteiger partial charge >= 0.3 is 0 Å². The van der Waals surface area contributed by atoms with Gasteiger partial charge in [-0.25, -0.2) is 0 Å². The van der Waals surface area contributed by atoms with Crippen LogP contribution in [0.3, 0.4) is 0 Å². The Balaban J connectivity index is 0.000000149. The van der Waals surface area contributed by atoms with Crippen LogP contribution in [-0.2, 0) is 0 Å². The van der Waals surface area contributed by atoms with E-state index in [1.807, 2.05) is 231 Å². The Labute approximate surface area is 564 Å². The zero-order valence-corrected chi connectivity index (χ0v) is 49.9. The third kappa shape index (κ3) is 8.65. The Morgan fingerprint density at radius 1 is 0.181 bits per heavy atom. The normalized spacial score (nSPS) is 14.2. The van der Waals surface area contributed by atoms with Crippen LogP contribution in [0.2, 0.25) is 0 Å². The Morgan fingerprint density at radius 3 is 0.989 bits per heavy atom. The van der Waals surface area contributed by atoms with E-state index in [9.17, 15) is 11.0 Å². The summed E-state index contributed by atoms with van der Waals surface area (Å²) in [5.74, 6) is 0. The molecule has 436 valence electrons. The minimum Gasteiger partial charge on any atom is -0.456 e. The molecule has 2 aromatic heterocycles. The number of hydrogen-bond donors (Lipinski definition) is 0. The van der Waals surface area contributed by atoms with Crippen molar-refractivity contribution in [3.8, 4) is 66.8 Å². The first-order chi connectivity index (χ1) is 53.3. The molecule has 0 bridgehead atoms. The molecule has 20 rings (SSSR count). The molecular weight excluding hydrogens is 1140 g/mol. The van der Waals surface area contributed by atoms with Gasteiger partial charge in [-0.1, -0.05) is 291 Å². The predicted octanol–water partition coefficient (Wildman–Crippen LogP) is 26.4.